The average Bonchev–Trinajstić information content (AvgIpc) is 3.17. The van der Waals surface area contributed by atoms with Crippen LogP contribution < -0.4 is 0 Å². The lowest BCUT2D eigenvalue weighted by molar-refractivity contribution is -0.146. The summed E-state index contributed by atoms with van der Waals surface area (Å²) in [4.78, 5) is 28.8. The number of β-amino-alcohol motifs (C(OH)–C–C–N with tert-alkyl or cyclic N) is 1. The van der Waals surface area contributed by atoms with Gasteiger partial charge in [0.25, 0.3) is 0 Å². The number of nitrogens with zero attached hydrogens (tertiary/aromatic N) is 5. The van der Waals surface area contributed by atoms with Gasteiger partial charge in [-0.15, -0.1) is 10.2 Å². The molecular formula is C15H23N5O3S. The smallest absolute Gasteiger partial charge is 0.233 e. The van der Waals surface area contributed by atoms with Gasteiger partial charge in [0.1, 0.15) is 6.33 Å². The van der Waals surface area contributed by atoms with Crippen molar-refractivity contribution in [2.45, 2.75) is 24.4 Å². The van der Waals surface area contributed by atoms with Gasteiger partial charge in [0.15, 0.2) is 5.16 Å². The van der Waals surface area contributed by atoms with Crippen LogP contribution in [0.5, 0.6) is 0 Å². The third-order valence-corrected chi connectivity index (χ3v) is 5.91. The molecule has 2 amide bonds. The van der Waals surface area contributed by atoms with Crippen LogP contribution in [-0.4, -0.2) is 80.0 Å². The molecule has 1 N–H and O–H groups in total. The standard InChI is InChI=1S/C15H23N5O3S/c1-18-11-16-17-14(18)24-9-12(22)20-6-4-15(10-20)3-2-5-19(7-8-21)13(15)23/h11,21H,2-10H2,1H3/t15-/m0/s1. The summed E-state index contributed by atoms with van der Waals surface area (Å²) in [5.41, 5.74) is -0.446. The number of aliphatic hydroxyl groups is 1. The number of amides is 2. The van der Waals surface area contributed by atoms with E-state index in [0.29, 0.717) is 43.5 Å². The van der Waals surface area contributed by atoms with E-state index in [4.69, 9.17) is 5.11 Å². The van der Waals surface area contributed by atoms with Gasteiger partial charge in [0.05, 0.1) is 17.8 Å². The molecule has 0 unspecified atom stereocenters. The molecule has 0 saturated carbocycles. The minimum absolute atomic E-state index is 0.0151. The second kappa shape index (κ2) is 7.10. The molecule has 2 saturated heterocycles. The Labute approximate surface area is 145 Å². The van der Waals surface area contributed by atoms with Crippen LogP contribution in [0.3, 0.4) is 0 Å². The first-order valence-electron chi connectivity index (χ1n) is 8.20. The van der Waals surface area contributed by atoms with E-state index in [1.807, 2.05) is 7.05 Å². The third-order valence-electron chi connectivity index (χ3n) is 4.90. The lowest BCUT2D eigenvalue weighted by atomic mass is 9.78. The van der Waals surface area contributed by atoms with Gasteiger partial charge >= 0.3 is 0 Å². The lowest BCUT2D eigenvalue weighted by Crippen LogP contribution is -2.51. The number of aromatic nitrogens is 3. The molecule has 0 aromatic carbocycles. The fourth-order valence-electron chi connectivity index (χ4n) is 3.57. The lowest BCUT2D eigenvalue weighted by Gasteiger charge is -2.39. The van der Waals surface area contributed by atoms with Gasteiger partial charge in [-0.1, -0.05) is 11.8 Å². The summed E-state index contributed by atoms with van der Waals surface area (Å²) in [6.07, 6.45) is 4.08. The third kappa shape index (κ3) is 3.27. The predicted molar refractivity (Wildman–Crippen MR) is 88.3 cm³/mol. The first-order chi connectivity index (χ1) is 11.6. The van der Waals surface area contributed by atoms with Crippen LogP contribution in [0.2, 0.25) is 0 Å². The molecule has 1 aromatic heterocycles. The topological polar surface area (TPSA) is 91.6 Å². The molecule has 2 aliphatic rings. The maximum Gasteiger partial charge on any atom is 0.233 e. The van der Waals surface area contributed by atoms with E-state index in [1.165, 1.54) is 11.8 Å². The summed E-state index contributed by atoms with van der Waals surface area (Å²) < 4.78 is 1.78. The van der Waals surface area contributed by atoms with E-state index < -0.39 is 5.41 Å². The largest absolute Gasteiger partial charge is 0.395 e. The van der Waals surface area contributed by atoms with Crippen molar-refractivity contribution in [3.63, 3.8) is 0 Å². The second-order valence-electron chi connectivity index (χ2n) is 6.48. The van der Waals surface area contributed by atoms with Crippen LogP contribution in [0.4, 0.5) is 0 Å². The minimum Gasteiger partial charge on any atom is -0.395 e. The van der Waals surface area contributed by atoms with Crippen LogP contribution in [0, 0.1) is 5.41 Å². The Kier molecular flexibility index (Phi) is 5.09. The Hall–Kier alpha value is -1.61. The van der Waals surface area contributed by atoms with Crippen LogP contribution in [-0.2, 0) is 16.6 Å². The molecule has 2 aliphatic heterocycles. The maximum absolute atomic E-state index is 12.7. The van der Waals surface area contributed by atoms with E-state index in [0.717, 1.165) is 12.8 Å². The molecule has 8 nitrogen and oxygen atoms in total. The Morgan fingerprint density at radius 2 is 2.25 bits per heavy atom. The number of hydrogen-bond acceptors (Lipinski definition) is 6. The van der Waals surface area contributed by atoms with Gasteiger partial charge in [-0.25, -0.2) is 0 Å². The van der Waals surface area contributed by atoms with Crippen molar-refractivity contribution >= 4 is 23.6 Å². The molecule has 0 bridgehead atoms. The molecule has 0 aliphatic carbocycles. The number of carbonyl (C=O) groups excluding carboxylic acids is 2. The van der Waals surface area contributed by atoms with Crippen molar-refractivity contribution < 1.29 is 14.7 Å². The highest BCUT2D eigenvalue weighted by Crippen LogP contribution is 2.40. The summed E-state index contributed by atoms with van der Waals surface area (Å²) in [5.74, 6) is 0.433. The Morgan fingerprint density at radius 3 is 2.96 bits per heavy atom. The maximum atomic E-state index is 12.7. The van der Waals surface area contributed by atoms with Crippen molar-refractivity contribution in [2.24, 2.45) is 12.5 Å². The molecule has 1 spiro atoms. The summed E-state index contributed by atoms with van der Waals surface area (Å²) >= 11 is 1.36. The first-order valence-corrected chi connectivity index (χ1v) is 9.19. The number of thioether (sulfide) groups is 1. The minimum atomic E-state index is -0.446. The molecule has 2 fully saturated rings. The van der Waals surface area contributed by atoms with E-state index in [9.17, 15) is 9.59 Å². The molecule has 1 aromatic rings. The van der Waals surface area contributed by atoms with Crippen LogP contribution in [0.15, 0.2) is 11.5 Å². The highest BCUT2D eigenvalue weighted by atomic mass is 32.2. The molecular weight excluding hydrogens is 330 g/mol. The van der Waals surface area contributed by atoms with Crippen molar-refractivity contribution in [1.82, 2.24) is 24.6 Å². The fraction of sp³-hybridized carbons (Fsp3) is 0.733. The Balaban J connectivity index is 1.59. The Bertz CT molecular complexity index is 620. The number of piperidine rings is 1. The zero-order chi connectivity index (χ0) is 17.2. The van der Waals surface area contributed by atoms with Gasteiger partial charge in [-0.3, -0.25) is 9.59 Å². The van der Waals surface area contributed by atoms with Gasteiger partial charge in [0, 0.05) is 33.2 Å². The van der Waals surface area contributed by atoms with Gasteiger partial charge < -0.3 is 19.5 Å². The first kappa shape index (κ1) is 17.2. The van der Waals surface area contributed by atoms with E-state index in [1.54, 1.807) is 20.7 Å². The van der Waals surface area contributed by atoms with Gasteiger partial charge in [0.2, 0.25) is 11.8 Å². The van der Waals surface area contributed by atoms with E-state index >= 15 is 0 Å². The highest BCUT2D eigenvalue weighted by molar-refractivity contribution is 7.99. The number of aliphatic hydroxyl groups excluding tert-OH is 1. The van der Waals surface area contributed by atoms with Crippen molar-refractivity contribution in [3.8, 4) is 0 Å². The molecule has 3 rings (SSSR count). The molecule has 9 heteroatoms. The number of aryl methyl sites for hydroxylation is 1. The monoisotopic (exact) mass is 353 g/mol. The van der Waals surface area contributed by atoms with Crippen molar-refractivity contribution in [2.75, 3.05) is 38.5 Å². The zero-order valence-corrected chi connectivity index (χ0v) is 14.7. The predicted octanol–water partition coefficient (Wildman–Crippen LogP) is -0.259. The molecule has 0 radical (unpaired) electrons. The number of hydrogen-bond donors (Lipinski definition) is 1. The van der Waals surface area contributed by atoms with Crippen LogP contribution in [0.1, 0.15) is 19.3 Å². The zero-order valence-electron chi connectivity index (χ0n) is 13.8. The SMILES string of the molecule is Cn1cnnc1SCC(=O)N1CC[C@@]2(CCCN(CCO)C2=O)C1. The number of likely N-dealkylation sites (tertiary alicyclic amines) is 2. The summed E-state index contributed by atoms with van der Waals surface area (Å²) in [6.45, 7) is 2.19. The number of rotatable bonds is 5. The second-order valence-corrected chi connectivity index (χ2v) is 7.42. The average molecular weight is 353 g/mol. The Morgan fingerprint density at radius 1 is 1.42 bits per heavy atom. The molecule has 3 heterocycles. The van der Waals surface area contributed by atoms with Crippen molar-refractivity contribution in [3.05, 3.63) is 6.33 Å². The highest BCUT2D eigenvalue weighted by Gasteiger charge is 2.49. The molecule has 1 atom stereocenters. The van der Waals surface area contributed by atoms with Gasteiger partial charge in [-0.05, 0) is 19.3 Å². The normalized spacial score (nSPS) is 24.2. The van der Waals surface area contributed by atoms with Crippen LogP contribution in [0.25, 0.3) is 0 Å². The molecule has 132 valence electrons. The fourth-order valence-corrected chi connectivity index (χ4v) is 4.36. The quantitative estimate of drug-likeness (QED) is 0.734. The van der Waals surface area contributed by atoms with Gasteiger partial charge in [-0.2, -0.15) is 0 Å². The summed E-state index contributed by atoms with van der Waals surface area (Å²) in [7, 11) is 1.84. The summed E-state index contributed by atoms with van der Waals surface area (Å²) in [5, 5.41) is 17.6. The van der Waals surface area contributed by atoms with Crippen LogP contribution >= 0.6 is 11.8 Å². The van der Waals surface area contributed by atoms with E-state index in [2.05, 4.69) is 10.2 Å². The molecule has 24 heavy (non-hydrogen) atoms. The van der Waals surface area contributed by atoms with E-state index in [-0.39, 0.29) is 18.4 Å². The number of carbonyl (C=O) groups is 2. The van der Waals surface area contributed by atoms with Crippen molar-refractivity contribution in [1.29, 1.82) is 0 Å². The summed E-state index contributed by atoms with van der Waals surface area (Å²) in [6, 6.07) is 0.